The zero-order chi connectivity index (χ0) is 18.4. The van der Waals surface area contributed by atoms with Crippen LogP contribution in [-0.4, -0.2) is 52.8 Å². The summed E-state index contributed by atoms with van der Waals surface area (Å²) in [4.78, 5) is 35.6. The molecule has 0 saturated carbocycles. The highest BCUT2D eigenvalue weighted by atomic mass is 16.2. The molecule has 1 aliphatic rings. The molecule has 0 unspecified atom stereocenters. The molecule has 26 heavy (non-hydrogen) atoms. The van der Waals surface area contributed by atoms with Crippen LogP contribution in [0.2, 0.25) is 0 Å². The molecule has 1 fully saturated rings. The largest absolute Gasteiger partial charge is 0.335 e. The van der Waals surface area contributed by atoms with E-state index in [1.54, 1.807) is 38.0 Å². The molecule has 1 aliphatic heterocycles. The van der Waals surface area contributed by atoms with Gasteiger partial charge in [0.15, 0.2) is 11.3 Å². The number of hydrogen-bond acceptors (Lipinski definition) is 5. The van der Waals surface area contributed by atoms with Crippen LogP contribution in [-0.2, 0) is 14.1 Å². The minimum absolute atomic E-state index is 0.0960. The molecule has 136 valence electrons. The number of amides is 1. The predicted octanol–water partition coefficient (Wildman–Crippen LogP) is 0.649. The van der Waals surface area contributed by atoms with Gasteiger partial charge in [0.1, 0.15) is 11.8 Å². The number of carbonyl (C=O) groups excluding carboxylic acids is 1. The normalized spacial score (nSPS) is 17.8. The van der Waals surface area contributed by atoms with Crippen LogP contribution in [0.25, 0.3) is 11.2 Å². The van der Waals surface area contributed by atoms with Gasteiger partial charge in [-0.15, -0.1) is 0 Å². The van der Waals surface area contributed by atoms with E-state index in [0.717, 1.165) is 18.5 Å². The highest BCUT2D eigenvalue weighted by molar-refractivity contribution is 5.92. The fourth-order valence-corrected chi connectivity index (χ4v) is 3.60. The number of nitrogens with zero attached hydrogens (tertiary/aromatic N) is 7. The summed E-state index contributed by atoms with van der Waals surface area (Å²) in [5.41, 5.74) is 2.55. The van der Waals surface area contributed by atoms with Crippen LogP contribution in [0.15, 0.2) is 23.4 Å². The second kappa shape index (κ2) is 6.08. The molecule has 4 rings (SSSR count). The maximum atomic E-state index is 12.8. The Kier molecular flexibility index (Phi) is 3.86. The standard InChI is InChI=1S/C17H21N7O2/c1-11-7-13(20-22(11)3)16(25)23-6-4-5-12(9-23)24-15-14(8-18-10-19-15)21(2)17(24)26/h7-8,10,12H,4-6,9H2,1-3H3/t12-/m1/s1. The Morgan fingerprint density at radius 1 is 1.31 bits per heavy atom. The summed E-state index contributed by atoms with van der Waals surface area (Å²) in [7, 11) is 3.54. The second-order valence-corrected chi connectivity index (χ2v) is 6.78. The quantitative estimate of drug-likeness (QED) is 0.673. The summed E-state index contributed by atoms with van der Waals surface area (Å²) in [5, 5.41) is 4.29. The first-order chi connectivity index (χ1) is 12.5. The summed E-state index contributed by atoms with van der Waals surface area (Å²) in [6.07, 6.45) is 4.74. The van der Waals surface area contributed by atoms with Gasteiger partial charge < -0.3 is 4.90 Å². The molecule has 0 spiro atoms. The molecule has 1 saturated heterocycles. The Balaban J connectivity index is 1.67. The van der Waals surface area contributed by atoms with Crippen molar-refractivity contribution >= 4 is 17.1 Å². The highest BCUT2D eigenvalue weighted by Crippen LogP contribution is 2.24. The number of piperidine rings is 1. The Morgan fingerprint density at radius 2 is 2.12 bits per heavy atom. The van der Waals surface area contributed by atoms with Crippen molar-refractivity contribution in [1.29, 1.82) is 0 Å². The SMILES string of the molecule is Cc1cc(C(=O)N2CCC[C@@H](n3c(=O)n(C)c4cncnc43)C2)nn1C. The molecule has 3 aromatic heterocycles. The number of fused-ring (bicyclic) bond motifs is 1. The Bertz CT molecular complexity index is 1030. The molecule has 0 N–H and O–H groups in total. The summed E-state index contributed by atoms with van der Waals surface area (Å²) < 4.78 is 4.94. The van der Waals surface area contributed by atoms with E-state index in [2.05, 4.69) is 15.1 Å². The highest BCUT2D eigenvalue weighted by Gasteiger charge is 2.29. The third-order valence-corrected chi connectivity index (χ3v) is 5.14. The lowest BCUT2D eigenvalue weighted by atomic mass is 10.0. The Morgan fingerprint density at radius 3 is 2.85 bits per heavy atom. The van der Waals surface area contributed by atoms with Crippen LogP contribution < -0.4 is 5.69 Å². The van der Waals surface area contributed by atoms with E-state index in [1.807, 2.05) is 14.0 Å². The van der Waals surface area contributed by atoms with Crippen LogP contribution in [0.5, 0.6) is 0 Å². The van der Waals surface area contributed by atoms with Gasteiger partial charge >= 0.3 is 5.69 Å². The summed E-state index contributed by atoms with van der Waals surface area (Å²) >= 11 is 0. The van der Waals surface area contributed by atoms with Crippen LogP contribution in [0.3, 0.4) is 0 Å². The minimum atomic E-state index is -0.131. The molecule has 0 aliphatic carbocycles. The van der Waals surface area contributed by atoms with Crippen molar-refractivity contribution in [3.05, 3.63) is 40.5 Å². The molecule has 0 radical (unpaired) electrons. The van der Waals surface area contributed by atoms with Crippen LogP contribution in [0, 0.1) is 6.92 Å². The van der Waals surface area contributed by atoms with Gasteiger partial charge in [0.2, 0.25) is 0 Å². The van der Waals surface area contributed by atoms with Crippen molar-refractivity contribution < 1.29 is 4.79 Å². The molecule has 0 bridgehead atoms. The van der Waals surface area contributed by atoms with E-state index in [0.29, 0.717) is 29.9 Å². The van der Waals surface area contributed by atoms with E-state index >= 15 is 0 Å². The number of likely N-dealkylation sites (tertiary alicyclic amines) is 1. The monoisotopic (exact) mass is 355 g/mol. The third-order valence-electron chi connectivity index (χ3n) is 5.14. The van der Waals surface area contributed by atoms with Crippen molar-refractivity contribution in [2.45, 2.75) is 25.8 Å². The number of aryl methyl sites for hydroxylation is 3. The molecule has 9 heteroatoms. The van der Waals surface area contributed by atoms with Crippen LogP contribution in [0.4, 0.5) is 0 Å². The zero-order valence-corrected chi connectivity index (χ0v) is 15.1. The average molecular weight is 355 g/mol. The lowest BCUT2D eigenvalue weighted by molar-refractivity contribution is 0.0672. The summed E-state index contributed by atoms with van der Waals surface area (Å²) in [6.45, 7) is 3.05. The topological polar surface area (TPSA) is 90.8 Å². The Hall–Kier alpha value is -2.97. The van der Waals surface area contributed by atoms with Gasteiger partial charge in [-0.2, -0.15) is 5.10 Å². The van der Waals surface area contributed by atoms with Gasteiger partial charge in [-0.05, 0) is 25.8 Å². The molecule has 0 aromatic carbocycles. The van der Waals surface area contributed by atoms with Crippen molar-refractivity contribution in [1.82, 2.24) is 33.8 Å². The number of rotatable bonds is 2. The molecule has 4 heterocycles. The van der Waals surface area contributed by atoms with Crippen LogP contribution in [0.1, 0.15) is 35.1 Å². The first kappa shape index (κ1) is 16.5. The third kappa shape index (κ3) is 2.51. The Labute approximate surface area is 149 Å². The van der Waals surface area contributed by atoms with Gasteiger partial charge in [0.25, 0.3) is 5.91 Å². The summed E-state index contributed by atoms with van der Waals surface area (Å²) in [5.74, 6) is -0.0960. The van der Waals surface area contributed by atoms with Gasteiger partial charge in [-0.1, -0.05) is 0 Å². The van der Waals surface area contributed by atoms with Gasteiger partial charge in [0, 0.05) is 32.9 Å². The fourth-order valence-electron chi connectivity index (χ4n) is 3.60. The molecule has 9 nitrogen and oxygen atoms in total. The van der Waals surface area contributed by atoms with Gasteiger partial charge in [-0.25, -0.2) is 14.8 Å². The van der Waals surface area contributed by atoms with Crippen molar-refractivity contribution in [2.75, 3.05) is 13.1 Å². The molecule has 1 atom stereocenters. The van der Waals surface area contributed by atoms with Crippen LogP contribution >= 0.6 is 0 Å². The lowest BCUT2D eigenvalue weighted by Gasteiger charge is -2.32. The second-order valence-electron chi connectivity index (χ2n) is 6.78. The van der Waals surface area contributed by atoms with E-state index in [1.165, 1.54) is 6.33 Å². The minimum Gasteiger partial charge on any atom is -0.335 e. The van der Waals surface area contributed by atoms with E-state index < -0.39 is 0 Å². The van der Waals surface area contributed by atoms with E-state index in [4.69, 9.17) is 0 Å². The molecular formula is C17H21N7O2. The zero-order valence-electron chi connectivity index (χ0n) is 15.1. The first-order valence-electron chi connectivity index (χ1n) is 8.64. The number of hydrogen-bond donors (Lipinski definition) is 0. The average Bonchev–Trinajstić information content (AvgIpc) is 3.12. The fraction of sp³-hybridized carbons (Fsp3) is 0.471. The maximum absolute atomic E-state index is 12.8. The van der Waals surface area contributed by atoms with Gasteiger partial charge in [0.05, 0.1) is 12.2 Å². The van der Waals surface area contributed by atoms with E-state index in [9.17, 15) is 9.59 Å². The number of carbonyl (C=O) groups is 1. The first-order valence-corrected chi connectivity index (χ1v) is 8.64. The van der Waals surface area contributed by atoms with Crippen molar-refractivity contribution in [2.24, 2.45) is 14.1 Å². The maximum Gasteiger partial charge on any atom is 0.330 e. The van der Waals surface area contributed by atoms with Crippen molar-refractivity contribution in [3.63, 3.8) is 0 Å². The summed E-state index contributed by atoms with van der Waals surface area (Å²) in [6, 6.07) is 1.69. The lowest BCUT2D eigenvalue weighted by Crippen LogP contribution is -2.43. The number of imidazole rings is 1. The van der Waals surface area contributed by atoms with E-state index in [-0.39, 0.29) is 17.6 Å². The smallest absolute Gasteiger partial charge is 0.330 e. The van der Waals surface area contributed by atoms with Crippen molar-refractivity contribution in [3.8, 4) is 0 Å². The van der Waals surface area contributed by atoms with Gasteiger partial charge in [-0.3, -0.25) is 18.6 Å². The number of aromatic nitrogens is 6. The molecule has 3 aromatic rings. The molecule has 1 amide bonds. The predicted molar refractivity (Wildman–Crippen MR) is 94.9 cm³/mol. The molecular weight excluding hydrogens is 334 g/mol.